The van der Waals surface area contributed by atoms with E-state index >= 15 is 0 Å². The molecule has 0 saturated heterocycles. The van der Waals surface area contributed by atoms with Gasteiger partial charge in [0, 0.05) is 42.8 Å². The molecule has 0 radical (unpaired) electrons. The Morgan fingerprint density at radius 2 is 2.09 bits per heavy atom. The van der Waals surface area contributed by atoms with E-state index in [0.29, 0.717) is 19.4 Å². The van der Waals surface area contributed by atoms with Gasteiger partial charge in [-0.05, 0) is 44.4 Å². The highest BCUT2D eigenvalue weighted by Gasteiger charge is 2.18. The number of nitrogens with zero attached hydrogens (tertiary/aromatic N) is 3. The molecular formula is C18H24ClN3O. The van der Waals surface area contributed by atoms with Crippen molar-refractivity contribution in [3.05, 3.63) is 52.3 Å². The van der Waals surface area contributed by atoms with Crippen LogP contribution in [0.3, 0.4) is 0 Å². The zero-order valence-corrected chi connectivity index (χ0v) is 15.0. The van der Waals surface area contributed by atoms with Gasteiger partial charge in [-0.2, -0.15) is 5.10 Å². The number of hydrogen-bond donors (Lipinski definition) is 0. The zero-order valence-electron chi connectivity index (χ0n) is 14.2. The molecule has 124 valence electrons. The lowest BCUT2D eigenvalue weighted by atomic mass is 10.1. The van der Waals surface area contributed by atoms with Gasteiger partial charge < -0.3 is 4.90 Å². The second-order valence-electron chi connectivity index (χ2n) is 6.22. The smallest absolute Gasteiger partial charge is 0.223 e. The molecule has 4 nitrogen and oxygen atoms in total. The average molecular weight is 334 g/mol. The molecule has 0 aliphatic carbocycles. The molecule has 0 atom stereocenters. The van der Waals surface area contributed by atoms with Crippen LogP contribution < -0.4 is 0 Å². The fourth-order valence-electron chi connectivity index (χ4n) is 2.50. The van der Waals surface area contributed by atoms with E-state index in [2.05, 4.69) is 5.10 Å². The molecule has 23 heavy (non-hydrogen) atoms. The van der Waals surface area contributed by atoms with Crippen LogP contribution >= 0.6 is 11.6 Å². The Kier molecular flexibility index (Phi) is 5.83. The Morgan fingerprint density at radius 1 is 1.35 bits per heavy atom. The number of aromatic nitrogens is 2. The van der Waals surface area contributed by atoms with Crippen molar-refractivity contribution in [3.8, 4) is 0 Å². The largest absolute Gasteiger partial charge is 0.336 e. The summed E-state index contributed by atoms with van der Waals surface area (Å²) in [4.78, 5) is 14.5. The van der Waals surface area contributed by atoms with Gasteiger partial charge in [-0.1, -0.05) is 23.7 Å². The first-order valence-corrected chi connectivity index (χ1v) is 8.26. The van der Waals surface area contributed by atoms with Crippen LogP contribution in [-0.2, 0) is 24.8 Å². The van der Waals surface area contributed by atoms with Crippen molar-refractivity contribution in [1.82, 2.24) is 14.7 Å². The predicted octanol–water partition coefficient (Wildman–Crippen LogP) is 3.75. The van der Waals surface area contributed by atoms with E-state index in [9.17, 15) is 4.79 Å². The summed E-state index contributed by atoms with van der Waals surface area (Å²) in [5.74, 6) is 0.153. The van der Waals surface area contributed by atoms with Gasteiger partial charge in [0.25, 0.3) is 0 Å². The topological polar surface area (TPSA) is 38.1 Å². The first-order valence-electron chi connectivity index (χ1n) is 7.89. The van der Waals surface area contributed by atoms with Gasteiger partial charge >= 0.3 is 0 Å². The van der Waals surface area contributed by atoms with Crippen molar-refractivity contribution in [3.63, 3.8) is 0 Å². The van der Waals surface area contributed by atoms with Crippen molar-refractivity contribution in [2.24, 2.45) is 7.05 Å². The molecule has 1 aromatic heterocycles. The van der Waals surface area contributed by atoms with Gasteiger partial charge in [-0.25, -0.2) is 0 Å². The summed E-state index contributed by atoms with van der Waals surface area (Å²) < 4.78 is 1.76. The lowest BCUT2D eigenvalue weighted by Crippen LogP contribution is -2.36. The number of halogens is 1. The summed E-state index contributed by atoms with van der Waals surface area (Å²) in [6.07, 6.45) is 4.94. The van der Waals surface area contributed by atoms with Gasteiger partial charge in [-0.15, -0.1) is 0 Å². The third-order valence-corrected chi connectivity index (χ3v) is 4.33. The first kappa shape index (κ1) is 17.5. The number of benzene rings is 1. The molecule has 0 fully saturated rings. The van der Waals surface area contributed by atoms with Crippen molar-refractivity contribution < 1.29 is 4.79 Å². The van der Waals surface area contributed by atoms with Crippen LogP contribution in [0, 0.1) is 6.92 Å². The molecule has 0 N–H and O–H groups in total. The van der Waals surface area contributed by atoms with Gasteiger partial charge in [0.05, 0.1) is 6.20 Å². The molecule has 1 aromatic carbocycles. The van der Waals surface area contributed by atoms with E-state index in [1.807, 2.05) is 63.3 Å². The second kappa shape index (κ2) is 7.64. The number of aryl methyl sites for hydroxylation is 3. The minimum atomic E-state index is 0.153. The summed E-state index contributed by atoms with van der Waals surface area (Å²) >= 11 is 6.15. The predicted molar refractivity (Wildman–Crippen MR) is 93.4 cm³/mol. The SMILES string of the molecule is Cc1ccc(CCC(=O)N(Cc2cnn(C)c2)C(C)C)cc1Cl. The Bertz CT molecular complexity index is 679. The molecular weight excluding hydrogens is 310 g/mol. The van der Waals surface area contributed by atoms with Crippen LogP contribution in [0.1, 0.15) is 37.0 Å². The van der Waals surface area contributed by atoms with Gasteiger partial charge in [-0.3, -0.25) is 9.48 Å². The summed E-state index contributed by atoms with van der Waals surface area (Å²) in [7, 11) is 1.88. The van der Waals surface area contributed by atoms with E-state index in [0.717, 1.165) is 21.7 Å². The van der Waals surface area contributed by atoms with Crippen LogP contribution in [0.5, 0.6) is 0 Å². The van der Waals surface area contributed by atoms with Crippen molar-refractivity contribution in [1.29, 1.82) is 0 Å². The van der Waals surface area contributed by atoms with E-state index in [1.54, 1.807) is 4.68 Å². The molecule has 5 heteroatoms. The highest BCUT2D eigenvalue weighted by molar-refractivity contribution is 6.31. The van der Waals surface area contributed by atoms with E-state index in [4.69, 9.17) is 11.6 Å². The zero-order chi connectivity index (χ0) is 17.0. The Labute approximate surface area is 143 Å². The van der Waals surface area contributed by atoms with Crippen LogP contribution in [0.25, 0.3) is 0 Å². The third-order valence-electron chi connectivity index (χ3n) is 3.92. The summed E-state index contributed by atoms with van der Waals surface area (Å²) in [5.41, 5.74) is 3.20. The first-order chi connectivity index (χ1) is 10.9. The maximum Gasteiger partial charge on any atom is 0.223 e. The lowest BCUT2D eigenvalue weighted by Gasteiger charge is -2.26. The highest BCUT2D eigenvalue weighted by Crippen LogP contribution is 2.18. The summed E-state index contributed by atoms with van der Waals surface area (Å²) in [6.45, 7) is 6.65. The molecule has 0 spiro atoms. The molecule has 2 aromatic rings. The quantitative estimate of drug-likeness (QED) is 0.807. The van der Waals surface area contributed by atoms with Crippen molar-refractivity contribution >= 4 is 17.5 Å². The minimum Gasteiger partial charge on any atom is -0.336 e. The molecule has 0 saturated carbocycles. The highest BCUT2D eigenvalue weighted by atomic mass is 35.5. The Hall–Kier alpha value is -1.81. The summed E-state index contributed by atoms with van der Waals surface area (Å²) in [5, 5.41) is 4.92. The minimum absolute atomic E-state index is 0.153. The van der Waals surface area contributed by atoms with Gasteiger partial charge in [0.2, 0.25) is 5.91 Å². The van der Waals surface area contributed by atoms with Crippen molar-refractivity contribution in [2.45, 2.75) is 46.2 Å². The molecule has 0 aliphatic rings. The molecule has 0 unspecified atom stereocenters. The van der Waals surface area contributed by atoms with E-state index in [1.165, 1.54) is 0 Å². The number of hydrogen-bond acceptors (Lipinski definition) is 2. The monoisotopic (exact) mass is 333 g/mol. The molecule has 1 amide bonds. The molecule has 2 rings (SSSR count). The number of rotatable bonds is 6. The normalized spacial score (nSPS) is 11.0. The second-order valence-corrected chi connectivity index (χ2v) is 6.63. The molecule has 1 heterocycles. The standard InChI is InChI=1S/C18H24ClN3O/c1-13(2)22(12-16-10-20-21(4)11-16)18(23)8-7-15-6-5-14(3)17(19)9-15/h5-6,9-11,13H,7-8,12H2,1-4H3. The third kappa shape index (κ3) is 4.83. The maximum absolute atomic E-state index is 12.6. The van der Waals surface area contributed by atoms with Gasteiger partial charge in [0.15, 0.2) is 0 Å². The maximum atomic E-state index is 12.6. The number of carbonyl (C=O) groups excluding carboxylic acids is 1. The fourth-order valence-corrected chi connectivity index (χ4v) is 2.70. The average Bonchev–Trinajstić information content (AvgIpc) is 2.91. The fraction of sp³-hybridized carbons (Fsp3) is 0.444. The number of carbonyl (C=O) groups is 1. The van der Waals surface area contributed by atoms with Crippen molar-refractivity contribution in [2.75, 3.05) is 0 Å². The van der Waals surface area contributed by atoms with Gasteiger partial charge in [0.1, 0.15) is 0 Å². The van der Waals surface area contributed by atoms with Crippen LogP contribution in [0.2, 0.25) is 5.02 Å². The molecule has 0 bridgehead atoms. The number of amides is 1. The van der Waals surface area contributed by atoms with E-state index in [-0.39, 0.29) is 11.9 Å². The van der Waals surface area contributed by atoms with Crippen LogP contribution in [0.15, 0.2) is 30.6 Å². The Balaban J connectivity index is 1.99. The summed E-state index contributed by atoms with van der Waals surface area (Å²) in [6, 6.07) is 6.14. The Morgan fingerprint density at radius 3 is 2.65 bits per heavy atom. The van der Waals surface area contributed by atoms with E-state index < -0.39 is 0 Å². The lowest BCUT2D eigenvalue weighted by molar-refractivity contribution is -0.133. The van der Waals surface area contributed by atoms with Crippen LogP contribution in [-0.4, -0.2) is 26.6 Å². The molecule has 0 aliphatic heterocycles. The van der Waals surface area contributed by atoms with Crippen LogP contribution in [0.4, 0.5) is 0 Å².